The van der Waals surface area contributed by atoms with E-state index in [9.17, 15) is 13.6 Å². The van der Waals surface area contributed by atoms with Gasteiger partial charge in [-0.15, -0.1) is 0 Å². The summed E-state index contributed by atoms with van der Waals surface area (Å²) in [5.41, 5.74) is 0.460. The number of nitrogens with zero attached hydrogens (tertiary/aromatic N) is 4. The molecule has 0 radical (unpaired) electrons. The minimum Gasteiger partial charge on any atom is -0.497 e. The summed E-state index contributed by atoms with van der Waals surface area (Å²) in [4.78, 5) is 22.4. The van der Waals surface area contributed by atoms with Crippen LogP contribution in [0, 0.1) is 17.0 Å². The Morgan fingerprint density at radius 3 is 2.45 bits per heavy atom. The van der Waals surface area contributed by atoms with Crippen molar-refractivity contribution in [1.29, 1.82) is 0 Å². The lowest BCUT2D eigenvalue weighted by atomic mass is 9.97. The van der Waals surface area contributed by atoms with Gasteiger partial charge in [-0.3, -0.25) is 4.57 Å². The zero-order valence-corrected chi connectivity index (χ0v) is 18.9. The molecule has 0 saturated heterocycles. The molecule has 172 valence electrons. The first-order valence-electron chi connectivity index (χ1n) is 10.5. The van der Waals surface area contributed by atoms with Crippen LogP contribution in [-0.2, 0) is 6.54 Å². The highest BCUT2D eigenvalue weighted by molar-refractivity contribution is 5.74. The third-order valence-corrected chi connectivity index (χ3v) is 5.14. The van der Waals surface area contributed by atoms with E-state index in [0.717, 1.165) is 12.1 Å². The molecule has 1 N–H and O–H groups in total. The van der Waals surface area contributed by atoms with Crippen molar-refractivity contribution < 1.29 is 13.5 Å². The van der Waals surface area contributed by atoms with Gasteiger partial charge in [0.25, 0.3) is 0 Å². The second-order valence-corrected chi connectivity index (χ2v) is 8.92. The molecule has 0 aliphatic carbocycles. The molecule has 9 heteroatoms. The first kappa shape index (κ1) is 22.4. The molecule has 0 atom stereocenters. The number of fused-ring (bicyclic) bond motifs is 1. The molecular formula is C24H25F2N5O2. The molecule has 0 amide bonds. The van der Waals surface area contributed by atoms with Crippen molar-refractivity contribution in [3.63, 3.8) is 0 Å². The van der Waals surface area contributed by atoms with Crippen molar-refractivity contribution in [1.82, 2.24) is 19.1 Å². The van der Waals surface area contributed by atoms with E-state index < -0.39 is 17.3 Å². The number of aromatic nitrogens is 4. The lowest BCUT2D eigenvalue weighted by Crippen LogP contribution is -2.24. The summed E-state index contributed by atoms with van der Waals surface area (Å²) in [5.74, 6) is -0.550. The zero-order valence-electron chi connectivity index (χ0n) is 18.9. The average molecular weight is 453 g/mol. The van der Waals surface area contributed by atoms with Crippen LogP contribution in [0.25, 0.3) is 16.9 Å². The fourth-order valence-corrected chi connectivity index (χ4v) is 3.44. The van der Waals surface area contributed by atoms with Gasteiger partial charge in [0, 0.05) is 18.2 Å². The Hall–Kier alpha value is -3.75. The van der Waals surface area contributed by atoms with Gasteiger partial charge in [0.05, 0.1) is 25.5 Å². The number of nitrogens with one attached hydrogen (secondary N) is 1. The lowest BCUT2D eigenvalue weighted by molar-refractivity contribution is 0.414. The van der Waals surface area contributed by atoms with Gasteiger partial charge in [-0.05, 0) is 29.7 Å². The summed E-state index contributed by atoms with van der Waals surface area (Å²) in [7, 11) is 1.53. The predicted molar refractivity (Wildman–Crippen MR) is 123 cm³/mol. The molecule has 4 aromatic rings. The number of methoxy groups -OCH3 is 1. The van der Waals surface area contributed by atoms with Crippen molar-refractivity contribution in [3.8, 4) is 11.4 Å². The van der Waals surface area contributed by atoms with E-state index in [2.05, 4.69) is 36.1 Å². The van der Waals surface area contributed by atoms with Crippen molar-refractivity contribution in [2.75, 3.05) is 19.0 Å². The maximum absolute atomic E-state index is 14.4. The Morgan fingerprint density at radius 1 is 1.09 bits per heavy atom. The molecule has 0 aliphatic rings. The van der Waals surface area contributed by atoms with Crippen LogP contribution in [0.4, 0.5) is 14.7 Å². The van der Waals surface area contributed by atoms with Gasteiger partial charge in [-0.2, -0.15) is 4.98 Å². The normalized spacial score (nSPS) is 11.7. The van der Waals surface area contributed by atoms with E-state index in [0.29, 0.717) is 35.1 Å². The second kappa shape index (κ2) is 8.65. The highest BCUT2D eigenvalue weighted by Gasteiger charge is 2.21. The highest BCUT2D eigenvalue weighted by atomic mass is 19.1. The van der Waals surface area contributed by atoms with Crippen molar-refractivity contribution in [2.24, 2.45) is 5.41 Å². The summed E-state index contributed by atoms with van der Waals surface area (Å²) in [6.45, 7) is 6.53. The number of rotatable bonds is 6. The molecule has 0 aliphatic heterocycles. The Balaban J connectivity index is 1.91. The van der Waals surface area contributed by atoms with Crippen LogP contribution in [0.2, 0.25) is 0 Å². The quantitative estimate of drug-likeness (QED) is 0.469. The summed E-state index contributed by atoms with van der Waals surface area (Å²) >= 11 is 0. The topological polar surface area (TPSA) is 74.0 Å². The van der Waals surface area contributed by atoms with Crippen LogP contribution in [0.3, 0.4) is 0 Å². The van der Waals surface area contributed by atoms with Gasteiger partial charge in [-0.25, -0.2) is 23.1 Å². The fourth-order valence-electron chi connectivity index (χ4n) is 3.44. The van der Waals surface area contributed by atoms with E-state index in [4.69, 9.17) is 4.74 Å². The SMILES string of the molecule is COc1cccc(-n2c(=O)n(Cc3c(F)cccc3F)c3cnc(NCC(C)(C)C)nc32)c1. The van der Waals surface area contributed by atoms with Crippen molar-refractivity contribution in [3.05, 3.63) is 76.3 Å². The Labute approximate surface area is 189 Å². The van der Waals surface area contributed by atoms with E-state index in [1.54, 1.807) is 24.3 Å². The van der Waals surface area contributed by atoms with E-state index in [1.165, 1.54) is 28.5 Å². The Kier molecular flexibility index (Phi) is 5.88. The van der Waals surface area contributed by atoms with Crippen molar-refractivity contribution >= 4 is 17.1 Å². The highest BCUT2D eigenvalue weighted by Crippen LogP contribution is 2.23. The number of hydrogen-bond donors (Lipinski definition) is 1. The third-order valence-electron chi connectivity index (χ3n) is 5.14. The molecule has 33 heavy (non-hydrogen) atoms. The van der Waals surface area contributed by atoms with Crippen molar-refractivity contribution in [2.45, 2.75) is 27.3 Å². The van der Waals surface area contributed by atoms with Crippen LogP contribution >= 0.6 is 0 Å². The van der Waals surface area contributed by atoms with Gasteiger partial charge in [0.1, 0.15) is 22.9 Å². The standard InChI is InChI=1S/C24H25F2N5O2/c1-24(2,3)14-28-22-27-12-20-21(29-22)31(15-7-5-8-16(11-15)33-4)23(32)30(20)13-17-18(25)9-6-10-19(17)26/h5-12H,13-14H2,1-4H3,(H,27,28,29). The molecule has 2 heterocycles. The Bertz CT molecular complexity index is 1350. The van der Waals surface area contributed by atoms with E-state index in [-0.39, 0.29) is 17.5 Å². The Morgan fingerprint density at radius 2 is 1.79 bits per heavy atom. The van der Waals surface area contributed by atoms with Crippen LogP contribution in [0.1, 0.15) is 26.3 Å². The molecule has 0 bridgehead atoms. The van der Waals surface area contributed by atoms with Crippen LogP contribution in [0.15, 0.2) is 53.5 Å². The summed E-state index contributed by atoms with van der Waals surface area (Å²) in [6, 6.07) is 10.5. The molecule has 2 aromatic carbocycles. The van der Waals surface area contributed by atoms with E-state index >= 15 is 0 Å². The first-order valence-corrected chi connectivity index (χ1v) is 10.5. The maximum atomic E-state index is 14.4. The minimum atomic E-state index is -0.728. The van der Waals surface area contributed by atoms with Gasteiger partial charge in [0.15, 0.2) is 5.65 Å². The molecule has 7 nitrogen and oxygen atoms in total. The number of anilines is 1. The maximum Gasteiger partial charge on any atom is 0.335 e. The smallest absolute Gasteiger partial charge is 0.335 e. The number of ether oxygens (including phenoxy) is 1. The summed E-state index contributed by atoms with van der Waals surface area (Å²) in [6.07, 6.45) is 1.49. The number of halogens is 2. The molecule has 4 rings (SSSR count). The number of imidazole rings is 1. The third kappa shape index (κ3) is 4.57. The minimum absolute atomic E-state index is 0.0148. The zero-order chi connectivity index (χ0) is 23.8. The lowest BCUT2D eigenvalue weighted by Gasteiger charge is -2.18. The van der Waals surface area contributed by atoms with Gasteiger partial charge in [-0.1, -0.05) is 32.9 Å². The van der Waals surface area contributed by atoms with E-state index in [1.807, 2.05) is 0 Å². The molecule has 0 fully saturated rings. The molecule has 2 aromatic heterocycles. The average Bonchev–Trinajstić information content (AvgIpc) is 3.05. The number of hydrogen-bond acceptors (Lipinski definition) is 5. The van der Waals surface area contributed by atoms with Gasteiger partial charge in [0.2, 0.25) is 5.95 Å². The summed E-state index contributed by atoms with van der Waals surface area (Å²) < 4.78 is 36.7. The van der Waals surface area contributed by atoms with Gasteiger partial charge >= 0.3 is 5.69 Å². The first-order chi connectivity index (χ1) is 15.7. The van der Waals surface area contributed by atoms with Crippen LogP contribution < -0.4 is 15.7 Å². The molecule has 0 spiro atoms. The van der Waals surface area contributed by atoms with Gasteiger partial charge < -0.3 is 10.1 Å². The van der Waals surface area contributed by atoms with Crippen LogP contribution in [-0.4, -0.2) is 32.8 Å². The molecular weight excluding hydrogens is 428 g/mol. The molecule has 0 saturated carbocycles. The second-order valence-electron chi connectivity index (χ2n) is 8.92. The monoisotopic (exact) mass is 453 g/mol. The fraction of sp³-hybridized carbons (Fsp3) is 0.292. The largest absolute Gasteiger partial charge is 0.497 e. The predicted octanol–water partition coefficient (Wildman–Crippen LogP) is 4.38. The molecule has 0 unspecified atom stereocenters. The van der Waals surface area contributed by atoms with Crippen LogP contribution in [0.5, 0.6) is 5.75 Å². The number of benzene rings is 2. The summed E-state index contributed by atoms with van der Waals surface area (Å²) in [5, 5.41) is 3.18.